The van der Waals surface area contributed by atoms with Gasteiger partial charge in [-0.25, -0.2) is 0 Å². The number of rotatable bonds is 1. The highest BCUT2D eigenvalue weighted by atomic mass is 79.9. The number of aromatic nitrogens is 1. The molecule has 0 aliphatic carbocycles. The van der Waals surface area contributed by atoms with E-state index in [0.29, 0.717) is 5.69 Å². The summed E-state index contributed by atoms with van der Waals surface area (Å²) in [5.41, 5.74) is 9.79. The molecule has 0 atom stereocenters. The molecule has 1 heterocycles. The van der Waals surface area contributed by atoms with Crippen molar-refractivity contribution < 1.29 is 0 Å². The minimum Gasteiger partial charge on any atom is -0.256 e. The van der Waals surface area contributed by atoms with Crippen molar-refractivity contribution >= 4 is 32.5 Å². The van der Waals surface area contributed by atoms with Gasteiger partial charge in [0, 0.05) is 21.0 Å². The van der Waals surface area contributed by atoms with Crippen LogP contribution in [0.3, 0.4) is 0 Å². The van der Waals surface area contributed by atoms with E-state index in [1.807, 2.05) is 18.2 Å². The molecule has 2 rings (SSSR count). The molecule has 0 aliphatic rings. The van der Waals surface area contributed by atoms with Gasteiger partial charge in [0.2, 0.25) is 0 Å². The number of hydrogen-bond donors (Lipinski definition) is 0. The topological polar surface area (TPSA) is 61.7 Å². The summed E-state index contributed by atoms with van der Waals surface area (Å²) in [7, 11) is 0. The first-order valence-electron chi connectivity index (χ1n) is 3.91. The number of azide groups is 1. The Bertz CT molecular complexity index is 531. The maximum Gasteiger partial charge on any atom is 0.0713 e. The minimum absolute atomic E-state index is 0.577. The number of nitrogens with zero attached hydrogens (tertiary/aromatic N) is 4. The van der Waals surface area contributed by atoms with E-state index in [1.54, 1.807) is 12.3 Å². The second-order valence-electron chi connectivity index (χ2n) is 2.66. The molecule has 1 aromatic carbocycles. The van der Waals surface area contributed by atoms with Crippen LogP contribution in [0.25, 0.3) is 21.3 Å². The highest BCUT2D eigenvalue weighted by molar-refractivity contribution is 9.10. The van der Waals surface area contributed by atoms with Crippen LogP contribution in [0.4, 0.5) is 5.69 Å². The lowest BCUT2D eigenvalue weighted by Gasteiger charge is -2.01. The third-order valence-electron chi connectivity index (χ3n) is 1.85. The van der Waals surface area contributed by atoms with Crippen LogP contribution in [0.5, 0.6) is 0 Å². The third-order valence-corrected chi connectivity index (χ3v) is 2.68. The summed E-state index contributed by atoms with van der Waals surface area (Å²) in [6, 6.07) is 7.32. The number of benzene rings is 1. The standard InChI is InChI=1S/C9H5BrN4/c10-9-6-2-1-5-12-7(6)3-4-8(9)13-14-11/h1-5H. The van der Waals surface area contributed by atoms with Crippen molar-refractivity contribution in [2.75, 3.05) is 0 Å². The Labute approximate surface area is 88.3 Å². The van der Waals surface area contributed by atoms with Crippen LogP contribution >= 0.6 is 15.9 Å². The summed E-state index contributed by atoms with van der Waals surface area (Å²) in [5, 5.41) is 4.50. The minimum atomic E-state index is 0.577. The van der Waals surface area contributed by atoms with Gasteiger partial charge in [-0.2, -0.15) is 0 Å². The molecule has 0 N–H and O–H groups in total. The third kappa shape index (κ3) is 1.43. The molecule has 0 bridgehead atoms. The molecular weight excluding hydrogens is 244 g/mol. The molecule has 4 nitrogen and oxygen atoms in total. The fraction of sp³-hybridized carbons (Fsp3) is 0. The summed E-state index contributed by atoms with van der Waals surface area (Å²) >= 11 is 3.38. The molecule has 0 radical (unpaired) electrons. The molecule has 0 aliphatic heterocycles. The maximum absolute atomic E-state index is 8.34. The van der Waals surface area contributed by atoms with Gasteiger partial charge in [0.05, 0.1) is 11.2 Å². The van der Waals surface area contributed by atoms with Crippen LogP contribution < -0.4 is 0 Å². The monoisotopic (exact) mass is 248 g/mol. The van der Waals surface area contributed by atoms with Crippen molar-refractivity contribution in [1.82, 2.24) is 4.98 Å². The fourth-order valence-corrected chi connectivity index (χ4v) is 1.78. The molecule has 1 aromatic heterocycles. The molecular formula is C9H5BrN4. The van der Waals surface area contributed by atoms with Gasteiger partial charge in [0.15, 0.2) is 0 Å². The van der Waals surface area contributed by atoms with Crippen LogP contribution in [0.15, 0.2) is 40.0 Å². The Kier molecular flexibility index (Phi) is 2.35. The van der Waals surface area contributed by atoms with E-state index in [1.165, 1.54) is 0 Å². The second kappa shape index (κ2) is 3.65. The Morgan fingerprint density at radius 3 is 3.00 bits per heavy atom. The fourth-order valence-electron chi connectivity index (χ4n) is 1.23. The van der Waals surface area contributed by atoms with Crippen LogP contribution in [0.1, 0.15) is 0 Å². The molecule has 0 spiro atoms. The average Bonchev–Trinajstić information content (AvgIpc) is 2.23. The molecule has 0 fully saturated rings. The zero-order chi connectivity index (χ0) is 9.97. The second-order valence-corrected chi connectivity index (χ2v) is 3.45. The van der Waals surface area contributed by atoms with Crippen molar-refractivity contribution in [2.24, 2.45) is 5.11 Å². The number of halogens is 1. The summed E-state index contributed by atoms with van der Waals surface area (Å²) < 4.78 is 0.779. The molecule has 0 saturated heterocycles. The molecule has 14 heavy (non-hydrogen) atoms. The average molecular weight is 249 g/mol. The van der Waals surface area contributed by atoms with E-state index in [-0.39, 0.29) is 0 Å². The van der Waals surface area contributed by atoms with Gasteiger partial charge in [-0.3, -0.25) is 4.98 Å². The largest absolute Gasteiger partial charge is 0.256 e. The van der Waals surface area contributed by atoms with Gasteiger partial charge >= 0.3 is 0 Å². The van der Waals surface area contributed by atoms with E-state index < -0.39 is 0 Å². The summed E-state index contributed by atoms with van der Waals surface area (Å²) in [4.78, 5) is 6.93. The normalized spacial score (nSPS) is 9.79. The SMILES string of the molecule is [N-]=[N+]=Nc1ccc2ncccc2c1Br. The first-order chi connectivity index (χ1) is 6.83. The Morgan fingerprint density at radius 2 is 2.21 bits per heavy atom. The molecule has 0 saturated carbocycles. The summed E-state index contributed by atoms with van der Waals surface area (Å²) in [6.07, 6.45) is 1.72. The van der Waals surface area contributed by atoms with Crippen LogP contribution in [-0.4, -0.2) is 4.98 Å². The van der Waals surface area contributed by atoms with Crippen LogP contribution in [0, 0.1) is 0 Å². The van der Waals surface area contributed by atoms with E-state index in [9.17, 15) is 0 Å². The van der Waals surface area contributed by atoms with Gasteiger partial charge in [-0.15, -0.1) is 0 Å². The van der Waals surface area contributed by atoms with E-state index in [4.69, 9.17) is 5.53 Å². The van der Waals surface area contributed by atoms with Crippen LogP contribution in [-0.2, 0) is 0 Å². The van der Waals surface area contributed by atoms with Crippen molar-refractivity contribution in [3.63, 3.8) is 0 Å². The van der Waals surface area contributed by atoms with Crippen LogP contribution in [0.2, 0.25) is 0 Å². The van der Waals surface area contributed by atoms with Gasteiger partial charge in [0.25, 0.3) is 0 Å². The first kappa shape index (κ1) is 8.99. The zero-order valence-corrected chi connectivity index (χ0v) is 8.64. The van der Waals surface area contributed by atoms with Gasteiger partial charge < -0.3 is 0 Å². The van der Waals surface area contributed by atoms with Crippen molar-refractivity contribution in [3.05, 3.63) is 45.4 Å². The Hall–Kier alpha value is -1.58. The van der Waals surface area contributed by atoms with Crippen molar-refractivity contribution in [2.45, 2.75) is 0 Å². The Balaban J connectivity index is 2.81. The van der Waals surface area contributed by atoms with Gasteiger partial charge in [0.1, 0.15) is 0 Å². The smallest absolute Gasteiger partial charge is 0.0713 e. The van der Waals surface area contributed by atoms with Gasteiger partial charge in [-0.05, 0) is 39.7 Å². The molecule has 2 aromatic rings. The Morgan fingerprint density at radius 1 is 1.36 bits per heavy atom. The lowest BCUT2D eigenvalue weighted by Crippen LogP contribution is -1.78. The van der Waals surface area contributed by atoms with Crippen molar-refractivity contribution in [3.8, 4) is 0 Å². The van der Waals surface area contributed by atoms with Gasteiger partial charge in [-0.1, -0.05) is 11.2 Å². The summed E-state index contributed by atoms with van der Waals surface area (Å²) in [5.74, 6) is 0. The summed E-state index contributed by atoms with van der Waals surface area (Å²) in [6.45, 7) is 0. The van der Waals surface area contributed by atoms with E-state index in [2.05, 4.69) is 30.9 Å². The highest BCUT2D eigenvalue weighted by Gasteiger charge is 2.02. The molecule has 5 heteroatoms. The van der Waals surface area contributed by atoms with E-state index in [0.717, 1.165) is 15.4 Å². The maximum atomic E-state index is 8.34. The predicted molar refractivity (Wildman–Crippen MR) is 58.2 cm³/mol. The molecule has 0 unspecified atom stereocenters. The quantitative estimate of drug-likeness (QED) is 0.429. The first-order valence-corrected chi connectivity index (χ1v) is 4.70. The number of pyridine rings is 1. The lowest BCUT2D eigenvalue weighted by molar-refractivity contribution is 1.39. The zero-order valence-electron chi connectivity index (χ0n) is 7.05. The number of hydrogen-bond acceptors (Lipinski definition) is 2. The predicted octanol–water partition coefficient (Wildman–Crippen LogP) is 3.94. The van der Waals surface area contributed by atoms with E-state index >= 15 is 0 Å². The van der Waals surface area contributed by atoms with Crippen molar-refractivity contribution in [1.29, 1.82) is 0 Å². The molecule has 68 valence electrons. The number of fused-ring (bicyclic) bond motifs is 1. The molecule has 0 amide bonds. The lowest BCUT2D eigenvalue weighted by atomic mass is 10.2. The highest BCUT2D eigenvalue weighted by Crippen LogP contribution is 2.32.